The largest absolute Gasteiger partial charge is 0.408 e. The number of hydrogen-bond acceptors (Lipinski definition) is 1. The third-order valence-electron chi connectivity index (χ3n) is 2.71. The fraction of sp³-hybridized carbons (Fsp3) is 0.714. The van der Waals surface area contributed by atoms with E-state index in [9.17, 15) is 0 Å². The van der Waals surface area contributed by atoms with Crippen LogP contribution in [0.1, 0.15) is 41.5 Å². The minimum atomic E-state index is 0.410. The van der Waals surface area contributed by atoms with Crippen LogP contribution in [0.3, 0.4) is 0 Å². The van der Waals surface area contributed by atoms with Crippen molar-refractivity contribution < 1.29 is 4.43 Å². The zero-order valence-corrected chi connectivity index (χ0v) is 12.6. The second kappa shape index (κ2) is 7.85. The SMILES string of the molecule is C=C[Si]OCC(=C(C(C)C)C(C)C)C(C)C. The summed E-state index contributed by atoms with van der Waals surface area (Å²) in [5.74, 6) is 1.77. The first-order chi connectivity index (χ1) is 7.41. The molecule has 0 aliphatic carbocycles. The Morgan fingerprint density at radius 3 is 1.88 bits per heavy atom. The molecule has 0 unspecified atom stereocenters. The lowest BCUT2D eigenvalue weighted by Gasteiger charge is -2.24. The van der Waals surface area contributed by atoms with E-state index < -0.39 is 0 Å². The lowest BCUT2D eigenvalue weighted by molar-refractivity contribution is 0.356. The molecule has 0 aliphatic rings. The maximum Gasteiger partial charge on any atom is 0.260 e. The van der Waals surface area contributed by atoms with Crippen molar-refractivity contribution in [2.24, 2.45) is 17.8 Å². The molecule has 0 N–H and O–H groups in total. The van der Waals surface area contributed by atoms with Gasteiger partial charge in [-0.15, -0.1) is 6.58 Å². The summed E-state index contributed by atoms with van der Waals surface area (Å²) < 4.78 is 5.64. The summed E-state index contributed by atoms with van der Waals surface area (Å²) in [7, 11) is 0.410. The van der Waals surface area contributed by atoms with Crippen molar-refractivity contribution >= 4 is 9.76 Å². The van der Waals surface area contributed by atoms with E-state index in [0.717, 1.165) is 6.61 Å². The molecule has 2 heteroatoms. The molecular formula is C14H26OSi. The molecule has 0 spiro atoms. The van der Waals surface area contributed by atoms with Gasteiger partial charge in [-0.2, -0.15) is 0 Å². The van der Waals surface area contributed by atoms with E-state index >= 15 is 0 Å². The van der Waals surface area contributed by atoms with Gasteiger partial charge in [-0.3, -0.25) is 0 Å². The number of rotatable bonds is 7. The Labute approximate surface area is 104 Å². The standard InChI is InChI=1S/C14H26OSi/c1-8-16-15-9-13(10(2)3)14(11(4)5)12(6)7/h8,10-12H,1,9H2,2-7H3. The molecule has 0 aromatic carbocycles. The van der Waals surface area contributed by atoms with Gasteiger partial charge in [-0.05, 0) is 23.3 Å². The monoisotopic (exact) mass is 238 g/mol. The normalized spacial score (nSPS) is 11.3. The lowest BCUT2D eigenvalue weighted by atomic mass is 9.84. The van der Waals surface area contributed by atoms with Crippen LogP contribution in [-0.4, -0.2) is 16.4 Å². The molecule has 0 saturated heterocycles. The minimum Gasteiger partial charge on any atom is -0.408 e. The zero-order valence-electron chi connectivity index (χ0n) is 11.6. The van der Waals surface area contributed by atoms with Crippen LogP contribution in [0.2, 0.25) is 0 Å². The summed E-state index contributed by atoms with van der Waals surface area (Å²) in [5.41, 5.74) is 4.87. The molecule has 0 saturated carbocycles. The summed E-state index contributed by atoms with van der Waals surface area (Å²) in [6.45, 7) is 18.0. The molecule has 0 amide bonds. The van der Waals surface area contributed by atoms with Crippen molar-refractivity contribution in [1.29, 1.82) is 0 Å². The van der Waals surface area contributed by atoms with Gasteiger partial charge < -0.3 is 4.43 Å². The first-order valence-electron chi connectivity index (χ1n) is 6.12. The van der Waals surface area contributed by atoms with Gasteiger partial charge in [-0.1, -0.05) is 52.8 Å². The van der Waals surface area contributed by atoms with Crippen molar-refractivity contribution in [3.8, 4) is 0 Å². The molecule has 1 nitrogen and oxygen atoms in total. The first kappa shape index (κ1) is 15.7. The molecule has 0 heterocycles. The summed E-state index contributed by atoms with van der Waals surface area (Å²) in [5, 5.41) is 0. The fourth-order valence-electron chi connectivity index (χ4n) is 2.17. The highest BCUT2D eigenvalue weighted by Crippen LogP contribution is 2.27. The highest BCUT2D eigenvalue weighted by Gasteiger charge is 2.16. The Balaban J connectivity index is 4.92. The van der Waals surface area contributed by atoms with Gasteiger partial charge in [0, 0.05) is 0 Å². The van der Waals surface area contributed by atoms with Crippen LogP contribution < -0.4 is 0 Å². The molecule has 0 aromatic rings. The van der Waals surface area contributed by atoms with E-state index in [4.69, 9.17) is 4.43 Å². The van der Waals surface area contributed by atoms with Gasteiger partial charge in [0.05, 0.1) is 6.61 Å². The summed E-state index contributed by atoms with van der Waals surface area (Å²) in [4.78, 5) is 0. The predicted molar refractivity (Wildman–Crippen MR) is 73.4 cm³/mol. The molecule has 92 valence electrons. The second-order valence-electron chi connectivity index (χ2n) is 5.06. The van der Waals surface area contributed by atoms with Gasteiger partial charge in [0.1, 0.15) is 0 Å². The Bertz CT molecular complexity index is 229. The number of hydrogen-bond donors (Lipinski definition) is 0. The van der Waals surface area contributed by atoms with Crippen molar-refractivity contribution in [2.75, 3.05) is 6.61 Å². The summed E-state index contributed by atoms with van der Waals surface area (Å²) in [6, 6.07) is 0. The molecule has 0 aromatic heterocycles. The van der Waals surface area contributed by atoms with Crippen LogP contribution in [0.5, 0.6) is 0 Å². The molecule has 0 rings (SSSR count). The van der Waals surface area contributed by atoms with Gasteiger partial charge in [0.15, 0.2) is 0 Å². The molecule has 0 atom stereocenters. The van der Waals surface area contributed by atoms with Crippen molar-refractivity contribution in [2.45, 2.75) is 41.5 Å². The highest BCUT2D eigenvalue weighted by molar-refractivity contribution is 6.34. The Kier molecular flexibility index (Phi) is 7.69. The van der Waals surface area contributed by atoms with Crippen LogP contribution in [0.4, 0.5) is 0 Å². The van der Waals surface area contributed by atoms with Gasteiger partial charge in [0.2, 0.25) is 0 Å². The molecule has 0 fully saturated rings. The molecule has 0 bridgehead atoms. The molecular weight excluding hydrogens is 212 g/mol. The van der Waals surface area contributed by atoms with Crippen LogP contribution in [0, 0.1) is 17.8 Å². The van der Waals surface area contributed by atoms with E-state index in [0.29, 0.717) is 27.5 Å². The topological polar surface area (TPSA) is 9.23 Å². The van der Waals surface area contributed by atoms with Crippen LogP contribution in [-0.2, 0) is 4.43 Å². The van der Waals surface area contributed by atoms with E-state index in [-0.39, 0.29) is 0 Å². The third-order valence-corrected chi connectivity index (χ3v) is 3.18. The van der Waals surface area contributed by atoms with Crippen LogP contribution in [0.15, 0.2) is 23.4 Å². The third kappa shape index (κ3) is 5.13. The van der Waals surface area contributed by atoms with Crippen molar-refractivity contribution in [3.63, 3.8) is 0 Å². The fourth-order valence-corrected chi connectivity index (χ4v) is 2.53. The Hall–Kier alpha value is -0.343. The second-order valence-corrected chi connectivity index (χ2v) is 5.99. The summed E-state index contributed by atoms with van der Waals surface area (Å²) in [6.07, 6.45) is 0. The van der Waals surface area contributed by atoms with Gasteiger partial charge in [-0.25, -0.2) is 0 Å². The smallest absolute Gasteiger partial charge is 0.260 e. The van der Waals surface area contributed by atoms with E-state index in [1.807, 2.05) is 5.70 Å². The zero-order chi connectivity index (χ0) is 12.7. The lowest BCUT2D eigenvalue weighted by Crippen LogP contribution is -2.15. The average Bonchev–Trinajstić information content (AvgIpc) is 2.14. The van der Waals surface area contributed by atoms with Crippen molar-refractivity contribution in [3.05, 3.63) is 23.4 Å². The van der Waals surface area contributed by atoms with E-state index in [2.05, 4.69) is 48.1 Å². The van der Waals surface area contributed by atoms with Crippen molar-refractivity contribution in [1.82, 2.24) is 0 Å². The van der Waals surface area contributed by atoms with Gasteiger partial charge >= 0.3 is 0 Å². The minimum absolute atomic E-state index is 0.410. The molecule has 16 heavy (non-hydrogen) atoms. The van der Waals surface area contributed by atoms with E-state index in [1.165, 1.54) is 5.57 Å². The molecule has 0 aliphatic heterocycles. The van der Waals surface area contributed by atoms with Crippen LogP contribution >= 0.6 is 0 Å². The van der Waals surface area contributed by atoms with Crippen LogP contribution in [0.25, 0.3) is 0 Å². The van der Waals surface area contributed by atoms with E-state index in [1.54, 1.807) is 5.57 Å². The maximum absolute atomic E-state index is 5.64. The van der Waals surface area contributed by atoms with Gasteiger partial charge in [0.25, 0.3) is 9.76 Å². The number of allylic oxidation sites excluding steroid dienone is 1. The highest BCUT2D eigenvalue weighted by atomic mass is 28.2. The average molecular weight is 238 g/mol. The Morgan fingerprint density at radius 2 is 1.56 bits per heavy atom. The Morgan fingerprint density at radius 1 is 1.06 bits per heavy atom. The quantitative estimate of drug-likeness (QED) is 0.370. The molecule has 2 radical (unpaired) electrons. The first-order valence-corrected chi connectivity index (χ1v) is 7.11. The summed E-state index contributed by atoms with van der Waals surface area (Å²) >= 11 is 0. The predicted octanol–water partition coefficient (Wildman–Crippen LogP) is 4.03. The maximum atomic E-state index is 5.64.